The number of hydrogen-bond acceptors (Lipinski definition) is 5. The van der Waals surface area contributed by atoms with Gasteiger partial charge in [-0.1, -0.05) is 48.5 Å². The lowest BCUT2D eigenvalue weighted by Crippen LogP contribution is -2.44. The number of aromatic nitrogens is 1. The highest BCUT2D eigenvalue weighted by Gasteiger charge is 2.25. The Hall–Kier alpha value is -4.34. The average molecular weight is 467 g/mol. The zero-order valence-electron chi connectivity index (χ0n) is 18.2. The molecule has 0 aliphatic carbocycles. The number of H-pyrrole nitrogens is 1. The van der Waals surface area contributed by atoms with E-state index in [1.807, 2.05) is 30.3 Å². The number of fused-ring (bicyclic) bond motifs is 1. The van der Waals surface area contributed by atoms with Crippen LogP contribution < -0.4 is 10.6 Å². The van der Waals surface area contributed by atoms with Crippen molar-refractivity contribution in [2.75, 3.05) is 0 Å². The van der Waals surface area contributed by atoms with Crippen LogP contribution in [0.3, 0.4) is 0 Å². The second-order valence-corrected chi connectivity index (χ2v) is 7.66. The van der Waals surface area contributed by atoms with Gasteiger partial charge in [-0.3, -0.25) is 4.79 Å². The molecule has 0 unspecified atom stereocenters. The summed E-state index contributed by atoms with van der Waals surface area (Å²) in [6.07, 6.45) is 0.282. The van der Waals surface area contributed by atoms with E-state index in [0.717, 1.165) is 22.0 Å². The van der Waals surface area contributed by atoms with Crippen LogP contribution in [0.5, 0.6) is 0 Å². The monoisotopic (exact) mass is 467 g/mol. The van der Waals surface area contributed by atoms with Gasteiger partial charge < -0.3 is 30.6 Å². The molecule has 34 heavy (non-hydrogen) atoms. The van der Waals surface area contributed by atoms with Crippen molar-refractivity contribution in [3.05, 3.63) is 71.9 Å². The summed E-state index contributed by atoms with van der Waals surface area (Å²) in [6, 6.07) is 13.7. The van der Waals surface area contributed by atoms with Gasteiger partial charge in [-0.15, -0.1) is 0 Å². The second kappa shape index (κ2) is 11.5. The second-order valence-electron chi connectivity index (χ2n) is 7.66. The molecule has 0 aliphatic rings. The van der Waals surface area contributed by atoms with Gasteiger partial charge >= 0.3 is 18.0 Å². The number of carboxylic acids is 2. The molecular formula is C24H25N3O7. The maximum absolute atomic E-state index is 12.4. The summed E-state index contributed by atoms with van der Waals surface area (Å²) in [7, 11) is 0. The van der Waals surface area contributed by atoms with E-state index in [-0.39, 0.29) is 25.9 Å². The van der Waals surface area contributed by atoms with Crippen molar-refractivity contribution in [2.24, 2.45) is 0 Å². The summed E-state index contributed by atoms with van der Waals surface area (Å²) in [4.78, 5) is 50.5. The smallest absolute Gasteiger partial charge is 0.408 e. The van der Waals surface area contributed by atoms with Gasteiger partial charge in [-0.25, -0.2) is 14.4 Å². The predicted octanol–water partition coefficient (Wildman–Crippen LogP) is 2.44. The molecule has 5 N–H and O–H groups in total. The summed E-state index contributed by atoms with van der Waals surface area (Å²) in [5, 5.41) is 24.4. The number of para-hydroxylation sites is 1. The molecule has 178 valence electrons. The molecule has 1 aromatic heterocycles. The van der Waals surface area contributed by atoms with Gasteiger partial charge in [0.25, 0.3) is 0 Å². The number of carbonyl (C=O) groups is 4. The zero-order chi connectivity index (χ0) is 24.5. The first-order valence-corrected chi connectivity index (χ1v) is 10.6. The van der Waals surface area contributed by atoms with Crippen LogP contribution in [0.15, 0.2) is 60.8 Å². The van der Waals surface area contributed by atoms with Crippen LogP contribution in [0, 0.1) is 0 Å². The average Bonchev–Trinajstić information content (AvgIpc) is 3.23. The van der Waals surface area contributed by atoms with E-state index in [2.05, 4.69) is 15.6 Å². The Labute approximate surface area is 194 Å². The van der Waals surface area contributed by atoms with Crippen molar-refractivity contribution in [2.45, 2.75) is 38.0 Å². The van der Waals surface area contributed by atoms with E-state index >= 15 is 0 Å². The van der Waals surface area contributed by atoms with Crippen LogP contribution in [0.1, 0.15) is 24.0 Å². The molecule has 2 aromatic carbocycles. The summed E-state index contributed by atoms with van der Waals surface area (Å²) in [6.45, 7) is -0.0341. The Morgan fingerprint density at radius 2 is 1.56 bits per heavy atom. The molecule has 0 saturated carbocycles. The lowest BCUT2D eigenvalue weighted by Gasteiger charge is -2.17. The van der Waals surface area contributed by atoms with Crippen LogP contribution in [0.2, 0.25) is 0 Å². The molecule has 10 nitrogen and oxygen atoms in total. The van der Waals surface area contributed by atoms with E-state index in [1.165, 1.54) is 0 Å². The Kier molecular flexibility index (Phi) is 8.22. The molecule has 10 heteroatoms. The highest BCUT2D eigenvalue weighted by atomic mass is 16.5. The Bertz CT molecular complexity index is 1160. The molecule has 0 radical (unpaired) electrons. The zero-order valence-corrected chi connectivity index (χ0v) is 18.2. The maximum atomic E-state index is 12.4. The number of rotatable bonds is 11. The highest BCUT2D eigenvalue weighted by molar-refractivity contribution is 5.87. The Morgan fingerprint density at radius 1 is 0.882 bits per heavy atom. The molecule has 0 saturated heterocycles. The van der Waals surface area contributed by atoms with Crippen molar-refractivity contribution >= 4 is 34.8 Å². The topological polar surface area (TPSA) is 158 Å². The number of aliphatic carboxylic acids is 2. The molecule has 0 aliphatic heterocycles. The van der Waals surface area contributed by atoms with E-state index in [0.29, 0.717) is 0 Å². The summed E-state index contributed by atoms with van der Waals surface area (Å²) < 4.78 is 5.01. The summed E-state index contributed by atoms with van der Waals surface area (Å²) in [5.41, 5.74) is 2.32. The maximum Gasteiger partial charge on any atom is 0.408 e. The van der Waals surface area contributed by atoms with Gasteiger partial charge in [0.15, 0.2) is 0 Å². The van der Waals surface area contributed by atoms with Crippen LogP contribution in [-0.4, -0.2) is 51.2 Å². The highest BCUT2D eigenvalue weighted by Crippen LogP contribution is 2.19. The van der Waals surface area contributed by atoms with Crippen molar-refractivity contribution in [1.82, 2.24) is 15.6 Å². The van der Waals surface area contributed by atoms with E-state index in [9.17, 15) is 29.4 Å². The summed E-state index contributed by atoms with van der Waals surface area (Å²) >= 11 is 0. The van der Waals surface area contributed by atoms with E-state index in [1.54, 1.807) is 30.5 Å². The van der Waals surface area contributed by atoms with Gasteiger partial charge in [0, 0.05) is 29.9 Å². The number of hydrogen-bond donors (Lipinski definition) is 5. The minimum absolute atomic E-state index is 0.0341. The SMILES string of the molecule is O=C(CC[C@H](NC(=O)OCc1ccccc1)C(=O)O)N[C@H](Cc1c[nH]c2ccccc12)C(=O)O. The fourth-order valence-corrected chi connectivity index (χ4v) is 3.43. The largest absolute Gasteiger partial charge is 0.480 e. The van der Waals surface area contributed by atoms with Gasteiger partial charge in [0.1, 0.15) is 18.7 Å². The van der Waals surface area contributed by atoms with Crippen LogP contribution in [0.25, 0.3) is 10.9 Å². The van der Waals surface area contributed by atoms with Crippen LogP contribution >= 0.6 is 0 Å². The van der Waals surface area contributed by atoms with Crippen molar-refractivity contribution < 1.29 is 34.1 Å². The number of amides is 2. The minimum atomic E-state index is -1.37. The fourth-order valence-electron chi connectivity index (χ4n) is 3.43. The first kappa shape index (κ1) is 24.3. The predicted molar refractivity (Wildman–Crippen MR) is 122 cm³/mol. The lowest BCUT2D eigenvalue weighted by atomic mass is 10.0. The van der Waals surface area contributed by atoms with E-state index in [4.69, 9.17) is 4.74 Å². The normalized spacial score (nSPS) is 12.5. The number of aromatic amines is 1. The molecule has 3 rings (SSSR count). The Balaban J connectivity index is 1.51. The number of nitrogens with one attached hydrogen (secondary N) is 3. The van der Waals surface area contributed by atoms with Gasteiger partial charge in [0.05, 0.1) is 0 Å². The van der Waals surface area contributed by atoms with Gasteiger partial charge in [-0.05, 0) is 23.6 Å². The van der Waals surface area contributed by atoms with Crippen molar-refractivity contribution in [3.8, 4) is 0 Å². The number of carbonyl (C=O) groups excluding carboxylic acids is 2. The number of alkyl carbamates (subject to hydrolysis) is 1. The number of benzene rings is 2. The van der Waals surface area contributed by atoms with E-state index < -0.39 is 36.0 Å². The molecule has 3 aromatic rings. The third-order valence-electron chi connectivity index (χ3n) is 5.20. The van der Waals surface area contributed by atoms with Crippen LogP contribution in [-0.2, 0) is 32.1 Å². The molecule has 2 amide bonds. The summed E-state index contributed by atoms with van der Waals surface area (Å²) in [5.74, 6) is -3.19. The fraction of sp³-hybridized carbons (Fsp3) is 0.250. The molecule has 2 atom stereocenters. The third kappa shape index (κ3) is 6.83. The minimum Gasteiger partial charge on any atom is -0.480 e. The molecule has 0 fully saturated rings. The molecule has 0 spiro atoms. The first-order valence-electron chi connectivity index (χ1n) is 10.6. The first-order chi connectivity index (χ1) is 16.3. The number of ether oxygens (including phenoxy) is 1. The molecule has 1 heterocycles. The molecular weight excluding hydrogens is 442 g/mol. The Morgan fingerprint density at radius 3 is 2.26 bits per heavy atom. The lowest BCUT2D eigenvalue weighted by molar-refractivity contribution is -0.142. The third-order valence-corrected chi connectivity index (χ3v) is 5.20. The van der Waals surface area contributed by atoms with Gasteiger partial charge in [-0.2, -0.15) is 0 Å². The van der Waals surface area contributed by atoms with Gasteiger partial charge in [0.2, 0.25) is 5.91 Å². The number of carboxylic acid groups (broad SMARTS) is 2. The standard InChI is InChI=1S/C24H25N3O7/c28-21(26-20(23(31)32)12-16-13-25-18-9-5-4-8-17(16)18)11-10-19(22(29)30)27-24(33)34-14-15-6-2-1-3-7-15/h1-9,13,19-20,25H,10-12,14H2,(H,26,28)(H,27,33)(H,29,30)(H,31,32)/t19-,20+/m0/s1. The molecule has 0 bridgehead atoms. The van der Waals surface area contributed by atoms with Crippen LogP contribution in [0.4, 0.5) is 4.79 Å². The van der Waals surface area contributed by atoms with Crippen molar-refractivity contribution in [3.63, 3.8) is 0 Å². The quantitative estimate of drug-likeness (QED) is 0.290. The van der Waals surface area contributed by atoms with Crippen molar-refractivity contribution in [1.29, 1.82) is 0 Å².